The summed E-state index contributed by atoms with van der Waals surface area (Å²) in [6, 6.07) is 10.1. The fourth-order valence-corrected chi connectivity index (χ4v) is 3.58. The Morgan fingerprint density at radius 3 is 2.79 bits per heavy atom. The van der Waals surface area contributed by atoms with Crippen LogP contribution in [0.2, 0.25) is 5.02 Å². The number of fused-ring (bicyclic) bond motifs is 2. The zero-order chi connectivity index (χ0) is 20.0. The number of aromatic nitrogens is 3. The summed E-state index contributed by atoms with van der Waals surface area (Å²) in [6.07, 6.45) is 3.48. The SMILES string of the molecule is Cc1cn2c(Nc3ccc4c(c3)OCCO4)c(-c3c(F)cccc3Cl)nc2cn1. The number of anilines is 2. The van der Waals surface area contributed by atoms with E-state index in [1.54, 1.807) is 18.3 Å². The highest BCUT2D eigenvalue weighted by Gasteiger charge is 2.21. The molecule has 1 aliphatic rings. The van der Waals surface area contributed by atoms with Crippen molar-refractivity contribution in [2.24, 2.45) is 0 Å². The quantitative estimate of drug-likeness (QED) is 0.514. The van der Waals surface area contributed by atoms with E-state index in [9.17, 15) is 4.39 Å². The second-order valence-electron chi connectivity index (χ2n) is 6.65. The molecule has 2 aromatic carbocycles. The average Bonchev–Trinajstić information content (AvgIpc) is 3.05. The molecule has 5 rings (SSSR count). The van der Waals surface area contributed by atoms with Crippen molar-refractivity contribution in [3.63, 3.8) is 0 Å². The van der Waals surface area contributed by atoms with Gasteiger partial charge in [-0.25, -0.2) is 9.37 Å². The Hall–Kier alpha value is -3.32. The highest BCUT2D eigenvalue weighted by atomic mass is 35.5. The number of rotatable bonds is 3. The fourth-order valence-electron chi connectivity index (χ4n) is 3.33. The monoisotopic (exact) mass is 410 g/mol. The van der Waals surface area contributed by atoms with Crippen molar-refractivity contribution in [3.05, 3.63) is 65.3 Å². The molecule has 6 nitrogen and oxygen atoms in total. The molecule has 0 amide bonds. The molecule has 29 heavy (non-hydrogen) atoms. The summed E-state index contributed by atoms with van der Waals surface area (Å²) < 4.78 is 27.7. The van der Waals surface area contributed by atoms with Gasteiger partial charge in [0.25, 0.3) is 0 Å². The zero-order valence-corrected chi connectivity index (χ0v) is 16.2. The first-order chi connectivity index (χ1) is 14.1. The molecule has 0 aliphatic carbocycles. The molecule has 3 heterocycles. The topological polar surface area (TPSA) is 60.7 Å². The Bertz CT molecular complexity index is 1220. The van der Waals surface area contributed by atoms with Crippen LogP contribution in [0.25, 0.3) is 16.9 Å². The molecule has 0 bridgehead atoms. The van der Waals surface area contributed by atoms with E-state index in [2.05, 4.69) is 15.3 Å². The molecule has 1 N–H and O–H groups in total. The van der Waals surface area contributed by atoms with Crippen molar-refractivity contribution in [1.29, 1.82) is 0 Å². The Morgan fingerprint density at radius 1 is 1.14 bits per heavy atom. The highest BCUT2D eigenvalue weighted by Crippen LogP contribution is 2.39. The van der Waals surface area contributed by atoms with Crippen molar-refractivity contribution < 1.29 is 13.9 Å². The van der Waals surface area contributed by atoms with Gasteiger partial charge in [-0.2, -0.15) is 0 Å². The molecule has 0 fully saturated rings. The van der Waals surface area contributed by atoms with Gasteiger partial charge in [0.2, 0.25) is 0 Å². The minimum absolute atomic E-state index is 0.232. The molecule has 0 radical (unpaired) electrons. The van der Waals surface area contributed by atoms with Crippen molar-refractivity contribution in [1.82, 2.24) is 14.4 Å². The van der Waals surface area contributed by atoms with Crippen LogP contribution >= 0.6 is 11.6 Å². The van der Waals surface area contributed by atoms with E-state index in [0.29, 0.717) is 41.9 Å². The number of aryl methyl sites for hydroxylation is 1. The lowest BCUT2D eigenvalue weighted by molar-refractivity contribution is 0.171. The molecule has 0 atom stereocenters. The Balaban J connectivity index is 1.68. The van der Waals surface area contributed by atoms with Crippen LogP contribution < -0.4 is 14.8 Å². The first-order valence-electron chi connectivity index (χ1n) is 9.06. The number of ether oxygens (including phenoxy) is 2. The molecular weight excluding hydrogens is 395 g/mol. The predicted octanol–water partition coefficient (Wildman–Crippen LogP) is 5.01. The zero-order valence-electron chi connectivity index (χ0n) is 15.4. The summed E-state index contributed by atoms with van der Waals surface area (Å²) in [5.41, 5.74) is 2.75. The maximum Gasteiger partial charge on any atom is 0.163 e. The van der Waals surface area contributed by atoms with Gasteiger partial charge in [-0.3, -0.25) is 9.38 Å². The maximum absolute atomic E-state index is 14.7. The van der Waals surface area contributed by atoms with Gasteiger partial charge in [-0.15, -0.1) is 0 Å². The lowest BCUT2D eigenvalue weighted by atomic mass is 10.1. The van der Waals surface area contributed by atoms with Crippen molar-refractivity contribution in [3.8, 4) is 22.8 Å². The average molecular weight is 411 g/mol. The summed E-state index contributed by atoms with van der Waals surface area (Å²) in [7, 11) is 0. The van der Waals surface area contributed by atoms with Gasteiger partial charge in [-0.05, 0) is 31.2 Å². The van der Waals surface area contributed by atoms with Gasteiger partial charge < -0.3 is 14.8 Å². The normalized spacial score (nSPS) is 12.9. The van der Waals surface area contributed by atoms with Crippen LogP contribution in [0.3, 0.4) is 0 Å². The van der Waals surface area contributed by atoms with Crippen molar-refractivity contribution in [2.45, 2.75) is 6.92 Å². The van der Waals surface area contributed by atoms with Gasteiger partial charge >= 0.3 is 0 Å². The number of nitrogens with one attached hydrogen (secondary N) is 1. The minimum atomic E-state index is -0.448. The standard InChI is InChI=1S/C21H16ClFN4O2/c1-12-11-27-18(10-24-12)26-20(19-14(22)3-2-4-15(19)23)21(27)25-13-5-6-16-17(9-13)29-8-7-28-16/h2-6,9-11,25H,7-8H2,1H3. The highest BCUT2D eigenvalue weighted by molar-refractivity contribution is 6.33. The van der Waals surface area contributed by atoms with E-state index >= 15 is 0 Å². The third-order valence-electron chi connectivity index (χ3n) is 4.64. The van der Waals surface area contributed by atoms with Gasteiger partial charge in [0.1, 0.15) is 30.5 Å². The fraction of sp³-hybridized carbons (Fsp3) is 0.143. The number of halogens is 2. The number of hydrogen-bond acceptors (Lipinski definition) is 5. The van der Waals surface area contributed by atoms with Crippen LogP contribution in [0.1, 0.15) is 5.69 Å². The third-order valence-corrected chi connectivity index (χ3v) is 4.96. The van der Waals surface area contributed by atoms with Gasteiger partial charge in [0.05, 0.1) is 22.5 Å². The van der Waals surface area contributed by atoms with Crippen molar-refractivity contribution >= 4 is 28.8 Å². The predicted molar refractivity (Wildman–Crippen MR) is 109 cm³/mol. The first-order valence-corrected chi connectivity index (χ1v) is 9.44. The van der Waals surface area contributed by atoms with Crippen LogP contribution in [-0.2, 0) is 0 Å². The van der Waals surface area contributed by atoms with Crippen LogP contribution in [0.15, 0.2) is 48.8 Å². The molecule has 8 heteroatoms. The molecule has 0 saturated heterocycles. The smallest absolute Gasteiger partial charge is 0.163 e. The second kappa shape index (κ2) is 6.93. The third kappa shape index (κ3) is 3.13. The van der Waals surface area contributed by atoms with E-state index in [0.717, 1.165) is 11.4 Å². The molecule has 0 unspecified atom stereocenters. The Morgan fingerprint density at radius 2 is 1.97 bits per heavy atom. The second-order valence-corrected chi connectivity index (χ2v) is 7.05. The summed E-state index contributed by atoms with van der Waals surface area (Å²) in [4.78, 5) is 8.88. The van der Waals surface area contributed by atoms with Gasteiger partial charge in [0, 0.05) is 18.0 Å². The van der Waals surface area contributed by atoms with E-state index in [1.165, 1.54) is 6.07 Å². The molecule has 1 aliphatic heterocycles. The molecular formula is C21H16ClFN4O2. The van der Waals surface area contributed by atoms with Gasteiger partial charge in [0.15, 0.2) is 17.1 Å². The molecule has 146 valence electrons. The van der Waals surface area contributed by atoms with Crippen LogP contribution in [-0.4, -0.2) is 27.6 Å². The molecule has 4 aromatic rings. The maximum atomic E-state index is 14.7. The van der Waals surface area contributed by atoms with Gasteiger partial charge in [-0.1, -0.05) is 17.7 Å². The van der Waals surface area contributed by atoms with Crippen LogP contribution in [0.5, 0.6) is 11.5 Å². The number of nitrogens with zero attached hydrogens (tertiary/aromatic N) is 3. The lowest BCUT2D eigenvalue weighted by Gasteiger charge is -2.19. The minimum Gasteiger partial charge on any atom is -0.486 e. The number of hydrogen-bond donors (Lipinski definition) is 1. The summed E-state index contributed by atoms with van der Waals surface area (Å²) in [5.74, 6) is 1.47. The Kier molecular flexibility index (Phi) is 4.24. The van der Waals surface area contributed by atoms with E-state index in [-0.39, 0.29) is 10.6 Å². The first kappa shape index (κ1) is 17.8. The summed E-state index contributed by atoms with van der Waals surface area (Å²) >= 11 is 6.32. The van der Waals surface area contributed by atoms with E-state index in [1.807, 2.05) is 35.7 Å². The van der Waals surface area contributed by atoms with E-state index in [4.69, 9.17) is 21.1 Å². The number of benzene rings is 2. The van der Waals surface area contributed by atoms with Crippen LogP contribution in [0.4, 0.5) is 15.9 Å². The lowest BCUT2D eigenvalue weighted by Crippen LogP contribution is -2.15. The summed E-state index contributed by atoms with van der Waals surface area (Å²) in [6.45, 7) is 2.89. The van der Waals surface area contributed by atoms with Crippen LogP contribution in [0, 0.1) is 12.7 Å². The molecule has 0 spiro atoms. The Labute approximate surface area is 170 Å². The molecule has 2 aromatic heterocycles. The largest absolute Gasteiger partial charge is 0.486 e. The molecule has 0 saturated carbocycles. The van der Waals surface area contributed by atoms with Crippen molar-refractivity contribution in [2.75, 3.05) is 18.5 Å². The summed E-state index contributed by atoms with van der Waals surface area (Å²) in [5, 5.41) is 3.62. The number of imidazole rings is 1. The van der Waals surface area contributed by atoms with E-state index < -0.39 is 5.82 Å².